The van der Waals surface area contributed by atoms with Gasteiger partial charge in [0.25, 0.3) is 0 Å². The second-order valence-electron chi connectivity index (χ2n) is 4.10. The number of carboxylic acid groups (broad SMARTS) is 1. The molecule has 0 spiro atoms. The predicted molar refractivity (Wildman–Crippen MR) is 69.0 cm³/mol. The van der Waals surface area contributed by atoms with Gasteiger partial charge in [0.1, 0.15) is 5.54 Å². The SMILES string of the molecule is C=CCNC(CC)(C(=O)O)c1ccc(C)cc1. The molecule has 0 fully saturated rings. The molecule has 0 saturated heterocycles. The van der Waals surface area contributed by atoms with Crippen LogP contribution in [0.3, 0.4) is 0 Å². The van der Waals surface area contributed by atoms with Crippen LogP contribution in [0.15, 0.2) is 36.9 Å². The highest BCUT2D eigenvalue weighted by Crippen LogP contribution is 2.25. The topological polar surface area (TPSA) is 49.3 Å². The van der Waals surface area contributed by atoms with Crippen molar-refractivity contribution in [2.24, 2.45) is 0 Å². The van der Waals surface area contributed by atoms with E-state index in [1.165, 1.54) is 0 Å². The van der Waals surface area contributed by atoms with Crippen molar-refractivity contribution in [1.29, 1.82) is 0 Å². The van der Waals surface area contributed by atoms with Gasteiger partial charge in [-0.25, -0.2) is 4.79 Å². The number of carboxylic acids is 1. The van der Waals surface area contributed by atoms with Crippen molar-refractivity contribution in [2.75, 3.05) is 6.54 Å². The van der Waals surface area contributed by atoms with Crippen molar-refractivity contribution in [1.82, 2.24) is 5.32 Å². The van der Waals surface area contributed by atoms with Crippen LogP contribution < -0.4 is 5.32 Å². The number of nitrogens with one attached hydrogen (secondary N) is 1. The Morgan fingerprint density at radius 2 is 2.06 bits per heavy atom. The Labute approximate surface area is 102 Å². The molecule has 0 heterocycles. The summed E-state index contributed by atoms with van der Waals surface area (Å²) in [6.07, 6.45) is 2.15. The second kappa shape index (κ2) is 5.64. The molecule has 2 N–H and O–H groups in total. The molecule has 0 bridgehead atoms. The minimum Gasteiger partial charge on any atom is -0.480 e. The molecule has 0 aromatic heterocycles. The fourth-order valence-electron chi connectivity index (χ4n) is 1.87. The number of rotatable bonds is 6. The van der Waals surface area contributed by atoms with Crippen LogP contribution in [-0.4, -0.2) is 17.6 Å². The van der Waals surface area contributed by atoms with Gasteiger partial charge in [0, 0.05) is 6.54 Å². The van der Waals surface area contributed by atoms with Crippen LogP contribution in [-0.2, 0) is 10.3 Å². The van der Waals surface area contributed by atoms with Crippen LogP contribution in [0.2, 0.25) is 0 Å². The highest BCUT2D eigenvalue weighted by Gasteiger charge is 2.37. The van der Waals surface area contributed by atoms with Crippen molar-refractivity contribution < 1.29 is 9.90 Å². The lowest BCUT2D eigenvalue weighted by molar-refractivity contribution is -0.145. The molecule has 0 amide bonds. The molecule has 1 unspecified atom stereocenters. The predicted octanol–water partition coefficient (Wildman–Crippen LogP) is 2.46. The average Bonchev–Trinajstić information content (AvgIpc) is 2.32. The monoisotopic (exact) mass is 233 g/mol. The van der Waals surface area contributed by atoms with Crippen molar-refractivity contribution in [3.63, 3.8) is 0 Å². The first kappa shape index (κ1) is 13.5. The van der Waals surface area contributed by atoms with E-state index in [9.17, 15) is 9.90 Å². The number of carbonyl (C=O) groups is 1. The third-order valence-corrected chi connectivity index (χ3v) is 2.99. The smallest absolute Gasteiger partial charge is 0.328 e. The number of aryl methyl sites for hydroxylation is 1. The third kappa shape index (κ3) is 2.74. The first-order valence-corrected chi connectivity index (χ1v) is 5.73. The van der Waals surface area contributed by atoms with Crippen LogP contribution >= 0.6 is 0 Å². The molecule has 92 valence electrons. The van der Waals surface area contributed by atoms with Crippen LogP contribution in [0, 0.1) is 6.92 Å². The van der Waals surface area contributed by atoms with E-state index in [1.54, 1.807) is 6.08 Å². The van der Waals surface area contributed by atoms with Gasteiger partial charge in [-0.05, 0) is 18.9 Å². The number of benzene rings is 1. The van der Waals surface area contributed by atoms with E-state index in [1.807, 2.05) is 38.1 Å². The summed E-state index contributed by atoms with van der Waals surface area (Å²) in [6, 6.07) is 7.59. The molecule has 1 rings (SSSR count). The quantitative estimate of drug-likeness (QED) is 0.742. The molecule has 0 aliphatic carbocycles. The lowest BCUT2D eigenvalue weighted by Crippen LogP contribution is -2.48. The Morgan fingerprint density at radius 3 is 2.47 bits per heavy atom. The minimum atomic E-state index is -1.03. The van der Waals surface area contributed by atoms with Crippen LogP contribution in [0.25, 0.3) is 0 Å². The molecule has 0 radical (unpaired) electrons. The third-order valence-electron chi connectivity index (χ3n) is 2.99. The molecule has 1 aromatic rings. The maximum absolute atomic E-state index is 11.5. The Morgan fingerprint density at radius 1 is 1.47 bits per heavy atom. The number of aliphatic carboxylic acids is 1. The Kier molecular flexibility index (Phi) is 4.46. The Hall–Kier alpha value is -1.61. The van der Waals surface area contributed by atoms with Gasteiger partial charge < -0.3 is 5.11 Å². The van der Waals surface area contributed by atoms with E-state index in [2.05, 4.69) is 11.9 Å². The van der Waals surface area contributed by atoms with E-state index >= 15 is 0 Å². The molecule has 17 heavy (non-hydrogen) atoms. The van der Waals surface area contributed by atoms with Crippen LogP contribution in [0.1, 0.15) is 24.5 Å². The normalized spacial score (nSPS) is 14.0. The van der Waals surface area contributed by atoms with Gasteiger partial charge in [-0.15, -0.1) is 6.58 Å². The second-order valence-corrected chi connectivity index (χ2v) is 4.10. The molecule has 1 atom stereocenters. The van der Waals surface area contributed by atoms with Crippen molar-refractivity contribution in [3.05, 3.63) is 48.0 Å². The molecular weight excluding hydrogens is 214 g/mol. The van der Waals surface area contributed by atoms with Gasteiger partial charge in [-0.2, -0.15) is 0 Å². The van der Waals surface area contributed by atoms with Crippen molar-refractivity contribution >= 4 is 5.97 Å². The Balaban J connectivity index is 3.16. The van der Waals surface area contributed by atoms with Gasteiger partial charge >= 0.3 is 5.97 Å². The summed E-state index contributed by atoms with van der Waals surface area (Å²) in [5.74, 6) is -0.856. The average molecular weight is 233 g/mol. The fraction of sp³-hybridized carbons (Fsp3) is 0.357. The van der Waals surface area contributed by atoms with Gasteiger partial charge in [-0.3, -0.25) is 5.32 Å². The Bertz CT molecular complexity index is 397. The lowest BCUT2D eigenvalue weighted by atomic mass is 9.86. The molecule has 0 aliphatic heterocycles. The van der Waals surface area contributed by atoms with E-state index in [0.717, 1.165) is 11.1 Å². The molecule has 0 aliphatic rings. The van der Waals surface area contributed by atoms with Gasteiger partial charge in [-0.1, -0.05) is 42.8 Å². The zero-order valence-corrected chi connectivity index (χ0v) is 10.4. The maximum Gasteiger partial charge on any atom is 0.328 e. The van der Waals surface area contributed by atoms with Gasteiger partial charge in [0.2, 0.25) is 0 Å². The van der Waals surface area contributed by atoms with Crippen molar-refractivity contribution in [3.8, 4) is 0 Å². The standard InChI is InChI=1S/C14H19NO2/c1-4-10-15-14(5-2,13(16)17)12-8-6-11(3)7-9-12/h4,6-9,15H,1,5,10H2,2-3H3,(H,16,17). The molecule has 3 nitrogen and oxygen atoms in total. The van der Waals surface area contributed by atoms with E-state index in [4.69, 9.17) is 0 Å². The largest absolute Gasteiger partial charge is 0.480 e. The fourth-order valence-corrected chi connectivity index (χ4v) is 1.87. The molecule has 0 saturated carbocycles. The number of hydrogen-bond acceptors (Lipinski definition) is 2. The van der Waals surface area contributed by atoms with Gasteiger partial charge in [0.15, 0.2) is 0 Å². The van der Waals surface area contributed by atoms with E-state index in [-0.39, 0.29) is 0 Å². The molecule has 1 aromatic carbocycles. The summed E-state index contributed by atoms with van der Waals surface area (Å²) < 4.78 is 0. The van der Waals surface area contributed by atoms with Crippen LogP contribution in [0.5, 0.6) is 0 Å². The van der Waals surface area contributed by atoms with Crippen LogP contribution in [0.4, 0.5) is 0 Å². The van der Waals surface area contributed by atoms with Gasteiger partial charge in [0.05, 0.1) is 0 Å². The minimum absolute atomic E-state index is 0.466. The summed E-state index contributed by atoms with van der Waals surface area (Å²) in [5, 5.41) is 12.5. The first-order valence-electron chi connectivity index (χ1n) is 5.73. The summed E-state index contributed by atoms with van der Waals surface area (Å²) in [6.45, 7) is 7.92. The highest BCUT2D eigenvalue weighted by molar-refractivity contribution is 5.80. The number of hydrogen-bond donors (Lipinski definition) is 2. The van der Waals surface area contributed by atoms with Crippen molar-refractivity contribution in [2.45, 2.75) is 25.8 Å². The molecular formula is C14H19NO2. The summed E-state index contributed by atoms with van der Waals surface area (Å²) in [4.78, 5) is 11.5. The van der Waals surface area contributed by atoms with E-state index in [0.29, 0.717) is 13.0 Å². The summed E-state index contributed by atoms with van der Waals surface area (Å²) in [7, 11) is 0. The first-order chi connectivity index (χ1) is 8.06. The maximum atomic E-state index is 11.5. The van der Waals surface area contributed by atoms with E-state index < -0.39 is 11.5 Å². The zero-order valence-electron chi connectivity index (χ0n) is 10.4. The summed E-state index contributed by atoms with van der Waals surface area (Å²) in [5.41, 5.74) is 0.870. The molecule has 3 heteroatoms. The lowest BCUT2D eigenvalue weighted by Gasteiger charge is -2.29. The summed E-state index contributed by atoms with van der Waals surface area (Å²) >= 11 is 0. The zero-order chi connectivity index (χ0) is 12.9. The highest BCUT2D eigenvalue weighted by atomic mass is 16.4.